The molecule has 0 bridgehead atoms. The Morgan fingerprint density at radius 1 is 1.23 bits per heavy atom. The van der Waals surface area contributed by atoms with Crippen molar-refractivity contribution >= 4 is 28.4 Å². The number of aromatic nitrogens is 2. The van der Waals surface area contributed by atoms with Gasteiger partial charge in [0.05, 0.1) is 23.6 Å². The Bertz CT molecular complexity index is 905. The van der Waals surface area contributed by atoms with Crippen LogP contribution < -0.4 is 0 Å². The fraction of sp³-hybridized carbons (Fsp3) is 0.583. The van der Waals surface area contributed by atoms with Crippen LogP contribution in [0.2, 0.25) is 0 Å². The molecule has 0 atom stereocenters. The van der Waals surface area contributed by atoms with Gasteiger partial charge in [0.1, 0.15) is 12.0 Å². The minimum absolute atomic E-state index is 0.0498. The molecule has 1 aliphatic carbocycles. The molecule has 0 radical (unpaired) electrons. The van der Waals surface area contributed by atoms with Gasteiger partial charge in [0.25, 0.3) is 5.91 Å². The fourth-order valence-corrected chi connectivity index (χ4v) is 4.53. The van der Waals surface area contributed by atoms with E-state index in [1.54, 1.807) is 6.33 Å². The van der Waals surface area contributed by atoms with Crippen molar-refractivity contribution in [1.29, 1.82) is 0 Å². The number of hydrogen-bond donors (Lipinski definition) is 0. The molecule has 7 heteroatoms. The van der Waals surface area contributed by atoms with E-state index in [-0.39, 0.29) is 11.5 Å². The van der Waals surface area contributed by atoms with Gasteiger partial charge in [0, 0.05) is 13.1 Å². The molecule has 6 nitrogen and oxygen atoms in total. The first-order valence-electron chi connectivity index (χ1n) is 11.0. The highest BCUT2D eigenvalue weighted by Gasteiger charge is 2.31. The van der Waals surface area contributed by atoms with Crippen molar-refractivity contribution in [2.45, 2.75) is 65.4 Å². The number of carbonyl (C=O) groups excluding carboxylic acids is 1. The summed E-state index contributed by atoms with van der Waals surface area (Å²) in [6, 6.07) is 0. The highest BCUT2D eigenvalue weighted by Crippen LogP contribution is 2.27. The van der Waals surface area contributed by atoms with Crippen LogP contribution in [0, 0.1) is 6.92 Å². The van der Waals surface area contributed by atoms with Gasteiger partial charge in [0.15, 0.2) is 5.04 Å². The number of rotatable bonds is 5. The van der Waals surface area contributed by atoms with E-state index in [0.717, 1.165) is 49.2 Å². The van der Waals surface area contributed by atoms with Gasteiger partial charge in [-0.15, -0.1) is 11.8 Å². The molecular formula is C24H34N4O2S. The standard InChI is InChI=1S/C24H34N4O2S/c1-17-9-6-7-10-19(17)11-8-12-20-21(18(2)25-16-26-20)27-22(31-5)23(29)28-13-14-30-24(3,4)15-28/h9-10,16H,6-8,11-15H2,1-5H3/b27-22-. The van der Waals surface area contributed by atoms with Gasteiger partial charge in [-0.2, -0.15) is 0 Å². The molecule has 0 unspecified atom stereocenters. The molecule has 31 heavy (non-hydrogen) atoms. The molecule has 3 rings (SSSR count). The van der Waals surface area contributed by atoms with Crippen LogP contribution >= 0.6 is 11.8 Å². The van der Waals surface area contributed by atoms with E-state index >= 15 is 0 Å². The maximum absolute atomic E-state index is 13.2. The summed E-state index contributed by atoms with van der Waals surface area (Å²) in [4.78, 5) is 28.6. The van der Waals surface area contributed by atoms with Gasteiger partial charge in [-0.3, -0.25) is 4.79 Å². The minimum Gasteiger partial charge on any atom is -0.372 e. The first-order chi connectivity index (χ1) is 14.8. The van der Waals surface area contributed by atoms with Crippen molar-refractivity contribution in [3.63, 3.8) is 0 Å². The first-order valence-corrected chi connectivity index (χ1v) is 12.3. The van der Waals surface area contributed by atoms with Crippen LogP contribution in [0.4, 0.5) is 5.69 Å². The van der Waals surface area contributed by atoms with Gasteiger partial charge < -0.3 is 9.64 Å². The van der Waals surface area contributed by atoms with E-state index < -0.39 is 0 Å². The molecule has 0 saturated carbocycles. The van der Waals surface area contributed by atoms with Crippen molar-refractivity contribution in [2.75, 3.05) is 26.0 Å². The Balaban J connectivity index is 1.76. The lowest BCUT2D eigenvalue weighted by Gasteiger charge is -2.38. The number of ether oxygens (including phenoxy) is 1. The van der Waals surface area contributed by atoms with E-state index in [9.17, 15) is 4.79 Å². The average molecular weight is 443 g/mol. The van der Waals surface area contributed by atoms with Crippen LogP contribution in [0.25, 0.3) is 0 Å². The highest BCUT2D eigenvalue weighted by atomic mass is 32.2. The van der Waals surface area contributed by atoms with Gasteiger partial charge in [-0.05, 0) is 71.6 Å². The van der Waals surface area contributed by atoms with E-state index in [1.165, 1.54) is 22.9 Å². The lowest BCUT2D eigenvalue weighted by atomic mass is 9.94. The van der Waals surface area contributed by atoms with E-state index in [4.69, 9.17) is 9.73 Å². The molecule has 2 heterocycles. The van der Waals surface area contributed by atoms with Gasteiger partial charge in [-0.1, -0.05) is 17.7 Å². The Morgan fingerprint density at radius 3 is 2.71 bits per heavy atom. The summed E-state index contributed by atoms with van der Waals surface area (Å²) in [7, 11) is 0. The summed E-state index contributed by atoms with van der Waals surface area (Å²) in [6.07, 6.45) is 13.3. The second-order valence-electron chi connectivity index (χ2n) is 8.76. The van der Waals surface area contributed by atoms with Gasteiger partial charge in [-0.25, -0.2) is 15.0 Å². The number of thioether (sulfide) groups is 1. The second kappa shape index (κ2) is 10.6. The predicted octanol–water partition coefficient (Wildman–Crippen LogP) is 4.80. The zero-order valence-electron chi connectivity index (χ0n) is 19.4. The molecule has 2 aliphatic rings. The number of carbonyl (C=O) groups is 1. The number of amides is 1. The van der Waals surface area contributed by atoms with E-state index in [1.807, 2.05) is 31.9 Å². The maximum Gasteiger partial charge on any atom is 0.279 e. The highest BCUT2D eigenvalue weighted by molar-refractivity contribution is 8.15. The number of nitrogens with zero attached hydrogens (tertiary/aromatic N) is 4. The third-order valence-corrected chi connectivity index (χ3v) is 6.41. The molecule has 1 saturated heterocycles. The van der Waals surface area contributed by atoms with Crippen LogP contribution in [-0.4, -0.2) is 57.4 Å². The third-order valence-electron chi connectivity index (χ3n) is 5.76. The predicted molar refractivity (Wildman–Crippen MR) is 128 cm³/mol. The van der Waals surface area contributed by atoms with Crippen LogP contribution in [-0.2, 0) is 16.0 Å². The SMILES string of the molecule is CS/C(=N\c1c(C)ncnc1CCCC1=CCCC=C1C)C(=O)N1CCOC(C)(C)C1. The quantitative estimate of drug-likeness (QED) is 0.484. The average Bonchev–Trinajstić information content (AvgIpc) is 2.73. The molecule has 1 aliphatic heterocycles. The lowest BCUT2D eigenvalue weighted by Crippen LogP contribution is -2.52. The number of aryl methyl sites for hydroxylation is 2. The molecule has 0 spiro atoms. The summed E-state index contributed by atoms with van der Waals surface area (Å²) < 4.78 is 5.75. The molecule has 168 valence electrons. The molecule has 1 aromatic rings. The summed E-state index contributed by atoms with van der Waals surface area (Å²) in [6.45, 7) is 9.83. The Hall–Kier alpha value is -1.99. The Kier molecular flexibility index (Phi) is 8.06. The number of hydrogen-bond acceptors (Lipinski definition) is 6. The summed E-state index contributed by atoms with van der Waals surface area (Å²) in [5.74, 6) is -0.0498. The van der Waals surface area contributed by atoms with E-state index in [0.29, 0.717) is 24.7 Å². The molecule has 1 aromatic heterocycles. The van der Waals surface area contributed by atoms with Gasteiger partial charge in [0.2, 0.25) is 0 Å². The summed E-state index contributed by atoms with van der Waals surface area (Å²) in [5, 5.41) is 0.477. The summed E-state index contributed by atoms with van der Waals surface area (Å²) in [5.41, 5.74) is 4.95. The normalized spacial score (nSPS) is 19.1. The topological polar surface area (TPSA) is 67.7 Å². The van der Waals surface area contributed by atoms with Crippen LogP contribution in [0.5, 0.6) is 0 Å². The zero-order chi connectivity index (χ0) is 22.4. The Labute approximate surface area is 190 Å². The second-order valence-corrected chi connectivity index (χ2v) is 9.55. The number of allylic oxidation sites excluding steroid dienone is 4. The van der Waals surface area contributed by atoms with E-state index in [2.05, 4.69) is 29.0 Å². The van der Waals surface area contributed by atoms with Crippen molar-refractivity contribution in [2.24, 2.45) is 4.99 Å². The van der Waals surface area contributed by atoms with Crippen molar-refractivity contribution < 1.29 is 9.53 Å². The summed E-state index contributed by atoms with van der Waals surface area (Å²) >= 11 is 1.38. The molecular weight excluding hydrogens is 408 g/mol. The minimum atomic E-state index is -0.339. The lowest BCUT2D eigenvalue weighted by molar-refractivity contribution is -0.138. The van der Waals surface area contributed by atoms with Crippen molar-refractivity contribution in [1.82, 2.24) is 14.9 Å². The maximum atomic E-state index is 13.2. The van der Waals surface area contributed by atoms with Crippen LogP contribution in [0.3, 0.4) is 0 Å². The number of morpholine rings is 1. The third kappa shape index (κ3) is 6.26. The first kappa shape index (κ1) is 23.7. The largest absolute Gasteiger partial charge is 0.372 e. The fourth-order valence-electron chi connectivity index (χ4n) is 4.05. The molecule has 0 N–H and O–H groups in total. The molecule has 1 fully saturated rings. The monoisotopic (exact) mass is 442 g/mol. The molecule has 0 aromatic carbocycles. The molecule has 1 amide bonds. The smallest absolute Gasteiger partial charge is 0.279 e. The zero-order valence-corrected chi connectivity index (χ0v) is 20.2. The van der Waals surface area contributed by atoms with Crippen LogP contribution in [0.1, 0.15) is 57.8 Å². The van der Waals surface area contributed by atoms with Crippen LogP contribution in [0.15, 0.2) is 34.6 Å². The van der Waals surface area contributed by atoms with Crippen molar-refractivity contribution in [3.05, 3.63) is 41.0 Å². The van der Waals surface area contributed by atoms with Crippen molar-refractivity contribution in [3.8, 4) is 0 Å². The van der Waals surface area contributed by atoms with Gasteiger partial charge >= 0.3 is 0 Å². The Morgan fingerprint density at radius 2 is 2.00 bits per heavy atom. The number of aliphatic imine (C=N–C) groups is 1.